The summed E-state index contributed by atoms with van der Waals surface area (Å²) < 4.78 is 5.51. The smallest absolute Gasteiger partial charge is 0.262 e. The molecule has 0 aliphatic rings. The van der Waals surface area contributed by atoms with Gasteiger partial charge in [-0.25, -0.2) is 4.98 Å². The van der Waals surface area contributed by atoms with Gasteiger partial charge >= 0.3 is 0 Å². The van der Waals surface area contributed by atoms with Crippen molar-refractivity contribution in [3.63, 3.8) is 0 Å². The summed E-state index contributed by atoms with van der Waals surface area (Å²) in [7, 11) is 0. The average molecular weight is 420 g/mol. The molecule has 7 heteroatoms. The maximum absolute atomic E-state index is 12.1. The Morgan fingerprint density at radius 2 is 1.58 bits per heavy atom. The molecule has 31 heavy (non-hydrogen) atoms. The molecule has 1 heterocycles. The van der Waals surface area contributed by atoms with Gasteiger partial charge in [-0.2, -0.15) is 4.98 Å². The molecule has 3 aromatic rings. The fraction of sp³-hybridized carbons (Fsp3) is 0.292. The molecular weight excluding hydrogens is 390 g/mol. The molecule has 0 saturated carbocycles. The number of amides is 1. The number of benzene rings is 2. The van der Waals surface area contributed by atoms with Crippen LogP contribution in [-0.2, 0) is 4.79 Å². The van der Waals surface area contributed by atoms with Crippen LogP contribution in [0.3, 0.4) is 0 Å². The summed E-state index contributed by atoms with van der Waals surface area (Å²) in [6.07, 6.45) is 0. The number of anilines is 4. The Hall–Kier alpha value is -3.61. The van der Waals surface area contributed by atoms with Gasteiger partial charge in [-0.15, -0.1) is 0 Å². The quantitative estimate of drug-likeness (QED) is 0.523. The van der Waals surface area contributed by atoms with Crippen molar-refractivity contribution in [2.75, 3.05) is 35.2 Å². The number of nitrogens with zero attached hydrogens (tertiary/aromatic N) is 3. The maximum atomic E-state index is 12.1. The molecule has 0 radical (unpaired) electrons. The highest BCUT2D eigenvalue weighted by molar-refractivity contribution is 5.92. The summed E-state index contributed by atoms with van der Waals surface area (Å²) in [6.45, 7) is 9.89. The number of ether oxygens (including phenoxy) is 1. The van der Waals surface area contributed by atoms with E-state index in [1.165, 1.54) is 0 Å². The summed E-state index contributed by atoms with van der Waals surface area (Å²) >= 11 is 0. The first-order valence-electron chi connectivity index (χ1n) is 10.4. The summed E-state index contributed by atoms with van der Waals surface area (Å²) in [6, 6.07) is 17.0. The number of rotatable bonds is 9. The van der Waals surface area contributed by atoms with Gasteiger partial charge in [0, 0.05) is 36.2 Å². The second-order valence-corrected chi connectivity index (χ2v) is 7.22. The number of nitrogens with one attached hydrogen (secondary N) is 2. The number of hydrogen-bond donors (Lipinski definition) is 2. The maximum Gasteiger partial charge on any atom is 0.262 e. The van der Waals surface area contributed by atoms with E-state index in [1.54, 1.807) is 0 Å². The van der Waals surface area contributed by atoms with Crippen LogP contribution in [-0.4, -0.2) is 35.6 Å². The Bertz CT molecular complexity index is 999. The third-order valence-electron chi connectivity index (χ3n) is 4.74. The minimum Gasteiger partial charge on any atom is -0.484 e. The number of aryl methyl sites for hydroxylation is 2. The highest BCUT2D eigenvalue weighted by Crippen LogP contribution is 2.20. The van der Waals surface area contributed by atoms with Gasteiger partial charge in [0.1, 0.15) is 11.6 Å². The molecule has 0 spiro atoms. The van der Waals surface area contributed by atoms with Crippen molar-refractivity contribution in [1.29, 1.82) is 0 Å². The van der Waals surface area contributed by atoms with Gasteiger partial charge in [-0.3, -0.25) is 4.79 Å². The van der Waals surface area contributed by atoms with Gasteiger partial charge in [0.15, 0.2) is 6.61 Å². The van der Waals surface area contributed by atoms with Crippen LogP contribution < -0.4 is 20.3 Å². The van der Waals surface area contributed by atoms with Crippen molar-refractivity contribution in [2.24, 2.45) is 0 Å². The van der Waals surface area contributed by atoms with Gasteiger partial charge in [-0.05, 0) is 64.1 Å². The largest absolute Gasteiger partial charge is 0.484 e. The molecule has 0 aliphatic heterocycles. The highest BCUT2D eigenvalue weighted by Gasteiger charge is 2.08. The predicted molar refractivity (Wildman–Crippen MR) is 125 cm³/mol. The van der Waals surface area contributed by atoms with Crippen LogP contribution in [0.15, 0.2) is 54.6 Å². The van der Waals surface area contributed by atoms with E-state index >= 15 is 0 Å². The Balaban J connectivity index is 1.57. The first kappa shape index (κ1) is 22.1. The lowest BCUT2D eigenvalue weighted by molar-refractivity contribution is -0.118. The van der Waals surface area contributed by atoms with Crippen molar-refractivity contribution in [2.45, 2.75) is 27.7 Å². The molecule has 0 aliphatic carbocycles. The minimum absolute atomic E-state index is 0.0473. The van der Waals surface area contributed by atoms with Crippen molar-refractivity contribution in [3.05, 3.63) is 65.9 Å². The Labute approximate surface area is 183 Å². The van der Waals surface area contributed by atoms with E-state index in [9.17, 15) is 4.79 Å². The molecule has 1 amide bonds. The van der Waals surface area contributed by atoms with Gasteiger partial charge in [0.05, 0.1) is 0 Å². The lowest BCUT2D eigenvalue weighted by Gasteiger charge is -2.20. The zero-order chi connectivity index (χ0) is 22.2. The zero-order valence-electron chi connectivity index (χ0n) is 18.5. The van der Waals surface area contributed by atoms with Crippen LogP contribution in [0.5, 0.6) is 5.75 Å². The van der Waals surface area contributed by atoms with Crippen LogP contribution in [0.2, 0.25) is 0 Å². The summed E-state index contributed by atoms with van der Waals surface area (Å²) in [5.74, 6) is 1.90. The van der Waals surface area contributed by atoms with Crippen LogP contribution in [0.4, 0.5) is 23.1 Å². The van der Waals surface area contributed by atoms with E-state index in [0.717, 1.165) is 35.9 Å². The molecule has 2 N–H and O–H groups in total. The van der Waals surface area contributed by atoms with Crippen LogP contribution in [0, 0.1) is 13.8 Å². The molecular formula is C24H29N5O2. The third kappa shape index (κ3) is 6.44. The lowest BCUT2D eigenvalue weighted by atomic mass is 10.2. The molecule has 2 aromatic carbocycles. The number of hydrogen-bond acceptors (Lipinski definition) is 6. The van der Waals surface area contributed by atoms with E-state index < -0.39 is 0 Å². The summed E-state index contributed by atoms with van der Waals surface area (Å²) in [4.78, 5) is 23.4. The second kappa shape index (κ2) is 10.4. The lowest BCUT2D eigenvalue weighted by Crippen LogP contribution is -2.23. The number of carbonyl (C=O) groups is 1. The molecule has 0 unspecified atom stereocenters. The molecule has 3 rings (SSSR count). The number of aromatic nitrogens is 2. The Morgan fingerprint density at radius 1 is 0.935 bits per heavy atom. The predicted octanol–water partition coefficient (Wildman–Crippen LogP) is 4.70. The fourth-order valence-electron chi connectivity index (χ4n) is 3.06. The Kier molecular flexibility index (Phi) is 7.43. The summed E-state index contributed by atoms with van der Waals surface area (Å²) in [5.41, 5.74) is 3.57. The Morgan fingerprint density at radius 3 is 2.23 bits per heavy atom. The van der Waals surface area contributed by atoms with Crippen LogP contribution in [0.25, 0.3) is 0 Å². The van der Waals surface area contributed by atoms with Crippen molar-refractivity contribution in [1.82, 2.24) is 9.97 Å². The normalized spacial score (nSPS) is 10.5. The zero-order valence-corrected chi connectivity index (χ0v) is 18.5. The van der Waals surface area contributed by atoms with Crippen molar-refractivity contribution >= 4 is 29.0 Å². The fourth-order valence-corrected chi connectivity index (χ4v) is 3.06. The standard InChI is InChI=1S/C24H29N5O2/c1-5-29(6-2)22-15-18(4)25-24(28-22)27-20-11-9-19(10-12-20)26-23(30)16-31-21-13-7-17(3)8-14-21/h7-15H,5-6,16H2,1-4H3,(H,26,30)(H,25,27,28). The molecule has 0 bridgehead atoms. The van der Waals surface area contributed by atoms with Crippen LogP contribution >= 0.6 is 0 Å². The second-order valence-electron chi connectivity index (χ2n) is 7.22. The van der Waals surface area contributed by atoms with Gasteiger partial charge in [-0.1, -0.05) is 17.7 Å². The van der Waals surface area contributed by atoms with Gasteiger partial charge in [0.25, 0.3) is 5.91 Å². The first-order chi connectivity index (χ1) is 15.0. The molecule has 7 nitrogen and oxygen atoms in total. The first-order valence-corrected chi connectivity index (χ1v) is 10.4. The molecule has 0 fully saturated rings. The van der Waals surface area contributed by atoms with E-state index in [0.29, 0.717) is 17.4 Å². The number of carbonyl (C=O) groups excluding carboxylic acids is 1. The van der Waals surface area contributed by atoms with E-state index in [4.69, 9.17) is 4.74 Å². The van der Waals surface area contributed by atoms with Crippen molar-refractivity contribution in [3.8, 4) is 5.75 Å². The van der Waals surface area contributed by atoms with Gasteiger partial charge < -0.3 is 20.3 Å². The molecule has 0 saturated heterocycles. The van der Waals surface area contributed by atoms with E-state index in [1.807, 2.05) is 68.4 Å². The SMILES string of the molecule is CCN(CC)c1cc(C)nc(Nc2ccc(NC(=O)COc3ccc(C)cc3)cc2)n1. The average Bonchev–Trinajstić information content (AvgIpc) is 2.75. The topological polar surface area (TPSA) is 79.4 Å². The molecule has 0 atom stereocenters. The van der Waals surface area contributed by atoms with Crippen molar-refractivity contribution < 1.29 is 9.53 Å². The third-order valence-corrected chi connectivity index (χ3v) is 4.74. The van der Waals surface area contributed by atoms with E-state index in [-0.39, 0.29) is 12.5 Å². The monoisotopic (exact) mass is 419 g/mol. The highest BCUT2D eigenvalue weighted by atomic mass is 16.5. The van der Waals surface area contributed by atoms with E-state index in [2.05, 4.69) is 39.3 Å². The molecule has 162 valence electrons. The van der Waals surface area contributed by atoms with Crippen LogP contribution in [0.1, 0.15) is 25.1 Å². The van der Waals surface area contributed by atoms with Gasteiger partial charge in [0.2, 0.25) is 5.95 Å². The minimum atomic E-state index is -0.216. The molecule has 1 aromatic heterocycles. The summed E-state index contributed by atoms with van der Waals surface area (Å²) in [5, 5.41) is 6.07.